The summed E-state index contributed by atoms with van der Waals surface area (Å²) in [5.74, 6) is -2.67. The van der Waals surface area contributed by atoms with Gasteiger partial charge in [-0.2, -0.15) is 0 Å². The molecule has 0 radical (unpaired) electrons. The van der Waals surface area contributed by atoms with Crippen LogP contribution in [0.3, 0.4) is 0 Å². The molecule has 0 heterocycles. The molecular weight excluding hydrogens is 311 g/mol. The second-order valence-corrected chi connectivity index (χ2v) is 5.51. The Labute approximate surface area is 139 Å². The van der Waals surface area contributed by atoms with Crippen molar-refractivity contribution >= 4 is 44.3 Å². The first-order chi connectivity index (χ1) is 11.3. The number of benzene rings is 2. The minimum absolute atomic E-state index is 0.174. The third kappa shape index (κ3) is 4.32. The highest BCUT2D eigenvalue weighted by molar-refractivity contribution is 6.34. The van der Waals surface area contributed by atoms with E-state index in [1.165, 1.54) is 12.1 Å². The number of amides is 1. The quantitative estimate of drug-likeness (QED) is 0.512. The number of aliphatic carboxylic acids is 1. The molecule has 2 N–H and O–H groups in total. The predicted molar refractivity (Wildman–Crippen MR) is 92.6 cm³/mol. The Morgan fingerprint density at radius 3 is 2.04 bits per heavy atom. The van der Waals surface area contributed by atoms with Gasteiger partial charge in [-0.1, -0.05) is 29.1 Å². The summed E-state index contributed by atoms with van der Waals surface area (Å²) in [5, 5.41) is 10.8. The molecule has 2 rings (SSSR count). The van der Waals surface area contributed by atoms with Crippen LogP contribution in [0.2, 0.25) is 0 Å². The van der Waals surface area contributed by atoms with Crippen LogP contribution in [0, 0.1) is 5.82 Å². The molecule has 120 valence electrons. The van der Waals surface area contributed by atoms with Crippen LogP contribution in [0.4, 0.5) is 4.39 Å². The molecule has 0 aliphatic carbocycles. The normalized spacial score (nSPS) is 10.2. The van der Waals surface area contributed by atoms with Gasteiger partial charge < -0.3 is 10.4 Å². The van der Waals surface area contributed by atoms with E-state index in [4.69, 9.17) is 5.11 Å². The maximum absolute atomic E-state index is 13.5. The second kappa shape index (κ2) is 7.12. The van der Waals surface area contributed by atoms with Gasteiger partial charge >= 0.3 is 5.97 Å². The lowest BCUT2D eigenvalue weighted by molar-refractivity contribution is -0.135. The molecule has 0 saturated heterocycles. The fourth-order valence-corrected chi connectivity index (χ4v) is 2.34. The number of rotatable bonds is 5. The average molecular weight is 325 g/mol. The Kier molecular flexibility index (Phi) is 5.18. The first-order valence-electron chi connectivity index (χ1n) is 7.20. The summed E-state index contributed by atoms with van der Waals surface area (Å²) in [5.41, 5.74) is 1.88. The van der Waals surface area contributed by atoms with E-state index >= 15 is 0 Å². The van der Waals surface area contributed by atoms with Crippen molar-refractivity contribution in [3.63, 3.8) is 0 Å². The number of hydrogen-bond donors (Lipinski definition) is 2. The van der Waals surface area contributed by atoms with Crippen LogP contribution in [0.1, 0.15) is 26.3 Å². The third-order valence-corrected chi connectivity index (χ3v) is 3.31. The van der Waals surface area contributed by atoms with Crippen molar-refractivity contribution in [1.29, 1.82) is 0 Å². The van der Waals surface area contributed by atoms with Gasteiger partial charge in [-0.3, -0.25) is 14.4 Å². The summed E-state index contributed by atoms with van der Waals surface area (Å²) in [6, 6.07) is 8.53. The van der Waals surface area contributed by atoms with E-state index in [9.17, 15) is 18.8 Å². The molecule has 0 fully saturated rings. The molecule has 8 heteroatoms. The summed E-state index contributed by atoms with van der Waals surface area (Å²) in [6.45, 7) is -0.515. The van der Waals surface area contributed by atoms with Crippen molar-refractivity contribution in [2.24, 2.45) is 0 Å². The Morgan fingerprint density at radius 1 is 0.917 bits per heavy atom. The van der Waals surface area contributed by atoms with Crippen LogP contribution in [0.25, 0.3) is 0 Å². The minimum atomic E-state index is -1.16. The van der Waals surface area contributed by atoms with Gasteiger partial charge in [0, 0.05) is 16.7 Å². The summed E-state index contributed by atoms with van der Waals surface area (Å²) in [7, 11) is 3.39. The van der Waals surface area contributed by atoms with E-state index in [2.05, 4.69) is 5.32 Å². The van der Waals surface area contributed by atoms with Crippen molar-refractivity contribution in [2.45, 2.75) is 0 Å². The highest BCUT2D eigenvalue weighted by atomic mass is 19.1. The van der Waals surface area contributed by atoms with Gasteiger partial charge in [0.05, 0.1) is 0 Å². The molecule has 0 aliphatic rings. The van der Waals surface area contributed by atoms with Crippen molar-refractivity contribution in [2.75, 3.05) is 6.54 Å². The molecule has 0 bridgehead atoms. The zero-order chi connectivity index (χ0) is 17.9. The Morgan fingerprint density at radius 2 is 1.46 bits per heavy atom. The topological polar surface area (TPSA) is 83.5 Å². The summed E-state index contributed by atoms with van der Waals surface area (Å²) in [6.07, 6.45) is 0. The number of halogens is 1. The molecular formula is C16H14B2FNO4. The molecule has 0 spiro atoms. The Bertz CT molecular complexity index is 819. The standard InChI is InChI=1S/C16H14B2FNO4/c17-11-2-8(1-10(4-11)16(24)20-7-14(21)22)15(23)9-3-12(18)6-13(19)5-9/h1-6H,7,17-18H2,(H,20,24)(H,21,22). The molecule has 2 aromatic rings. The van der Waals surface area contributed by atoms with E-state index in [1.54, 1.807) is 33.9 Å². The van der Waals surface area contributed by atoms with E-state index in [0.29, 0.717) is 10.9 Å². The molecule has 2 aromatic carbocycles. The van der Waals surface area contributed by atoms with Crippen molar-refractivity contribution in [3.05, 3.63) is 58.9 Å². The number of carboxylic acids is 1. The highest BCUT2D eigenvalue weighted by Crippen LogP contribution is 2.11. The van der Waals surface area contributed by atoms with Crippen LogP contribution in [-0.2, 0) is 4.79 Å². The molecule has 0 aliphatic heterocycles. The highest BCUT2D eigenvalue weighted by Gasteiger charge is 2.15. The second-order valence-electron chi connectivity index (χ2n) is 5.51. The molecule has 0 saturated carbocycles. The zero-order valence-electron chi connectivity index (χ0n) is 13.2. The van der Waals surface area contributed by atoms with E-state index < -0.39 is 30.0 Å². The van der Waals surface area contributed by atoms with Gasteiger partial charge in [-0.15, -0.1) is 0 Å². The van der Waals surface area contributed by atoms with E-state index in [0.717, 1.165) is 6.07 Å². The van der Waals surface area contributed by atoms with Crippen LogP contribution in [0.15, 0.2) is 36.4 Å². The SMILES string of the molecule is Bc1cc(F)cc(C(=O)c2cc(B)cc(C(=O)NCC(=O)O)c2)c1. The Balaban J connectivity index is 2.35. The monoisotopic (exact) mass is 325 g/mol. The average Bonchev–Trinajstić information content (AvgIpc) is 2.50. The van der Waals surface area contributed by atoms with Crippen LogP contribution < -0.4 is 16.2 Å². The number of carboxylic acid groups (broad SMARTS) is 1. The van der Waals surface area contributed by atoms with Crippen LogP contribution >= 0.6 is 0 Å². The molecule has 24 heavy (non-hydrogen) atoms. The van der Waals surface area contributed by atoms with Gasteiger partial charge in [0.1, 0.15) is 28.1 Å². The number of nitrogens with one attached hydrogen (secondary N) is 1. The summed E-state index contributed by atoms with van der Waals surface area (Å²) in [4.78, 5) is 35.0. The molecule has 5 nitrogen and oxygen atoms in total. The molecule has 0 unspecified atom stereocenters. The molecule has 0 aromatic heterocycles. The zero-order valence-corrected chi connectivity index (χ0v) is 13.2. The molecule has 1 amide bonds. The van der Waals surface area contributed by atoms with Gasteiger partial charge in [-0.05, 0) is 18.2 Å². The Hall–Kier alpha value is -2.89. The van der Waals surface area contributed by atoms with Crippen molar-refractivity contribution in [3.8, 4) is 0 Å². The van der Waals surface area contributed by atoms with Crippen LogP contribution in [-0.4, -0.2) is 45.0 Å². The summed E-state index contributed by atoms with van der Waals surface area (Å²) >= 11 is 0. The van der Waals surface area contributed by atoms with Crippen molar-refractivity contribution < 1.29 is 23.9 Å². The van der Waals surface area contributed by atoms with Gasteiger partial charge in [0.2, 0.25) is 0 Å². The minimum Gasteiger partial charge on any atom is -0.480 e. The number of hydrogen-bond acceptors (Lipinski definition) is 3. The third-order valence-electron chi connectivity index (χ3n) is 3.31. The van der Waals surface area contributed by atoms with E-state index in [-0.39, 0.29) is 16.7 Å². The smallest absolute Gasteiger partial charge is 0.322 e. The lowest BCUT2D eigenvalue weighted by atomic mass is 9.88. The first kappa shape index (κ1) is 17.5. The summed E-state index contributed by atoms with van der Waals surface area (Å²) < 4.78 is 13.5. The lowest BCUT2D eigenvalue weighted by Crippen LogP contribution is -2.30. The predicted octanol–water partition coefficient (Wildman–Crippen LogP) is -1.61. The number of carbonyl (C=O) groups is 3. The number of carbonyl (C=O) groups excluding carboxylic acids is 2. The molecule has 0 atom stereocenters. The van der Waals surface area contributed by atoms with Gasteiger partial charge in [0.15, 0.2) is 5.78 Å². The van der Waals surface area contributed by atoms with Crippen molar-refractivity contribution in [1.82, 2.24) is 5.32 Å². The van der Waals surface area contributed by atoms with Crippen LogP contribution in [0.5, 0.6) is 0 Å². The lowest BCUT2D eigenvalue weighted by Gasteiger charge is -2.08. The fourth-order valence-electron chi connectivity index (χ4n) is 2.34. The number of ketones is 1. The fraction of sp³-hybridized carbons (Fsp3) is 0.0625. The van der Waals surface area contributed by atoms with Gasteiger partial charge in [-0.25, -0.2) is 4.39 Å². The maximum Gasteiger partial charge on any atom is 0.322 e. The van der Waals surface area contributed by atoms with E-state index in [1.807, 2.05) is 0 Å². The van der Waals surface area contributed by atoms with Gasteiger partial charge in [0.25, 0.3) is 5.91 Å². The first-order valence-corrected chi connectivity index (χ1v) is 7.20. The largest absolute Gasteiger partial charge is 0.480 e. The maximum atomic E-state index is 13.5.